The molecule has 0 heterocycles. The average molecular weight is 226 g/mol. The third kappa shape index (κ3) is 6.12. The van der Waals surface area contributed by atoms with E-state index in [4.69, 9.17) is 6.42 Å². The minimum absolute atomic E-state index is 0.148. The molecule has 86 valence electrons. The van der Waals surface area contributed by atoms with Gasteiger partial charge >= 0.3 is 0 Å². The lowest BCUT2D eigenvalue weighted by Crippen LogP contribution is -2.15. The molecule has 2 heteroatoms. The van der Waals surface area contributed by atoms with Crippen molar-refractivity contribution < 1.29 is 5.11 Å². The Morgan fingerprint density at radius 3 is 2.73 bits per heavy atom. The molecule has 15 heavy (non-hydrogen) atoms. The molecule has 0 bridgehead atoms. The van der Waals surface area contributed by atoms with Gasteiger partial charge in [-0.15, -0.1) is 12.3 Å². The Morgan fingerprint density at radius 2 is 2.07 bits per heavy atom. The largest absolute Gasteiger partial charge is 0.392 e. The number of hydrogen-bond acceptors (Lipinski definition) is 2. The molecule has 1 rings (SSSR count). The lowest BCUT2D eigenvalue weighted by Gasteiger charge is -2.22. The van der Waals surface area contributed by atoms with Gasteiger partial charge in [-0.1, -0.05) is 19.3 Å². The summed E-state index contributed by atoms with van der Waals surface area (Å²) in [6, 6.07) is 0. The van der Waals surface area contributed by atoms with Crippen molar-refractivity contribution in [3.05, 3.63) is 0 Å². The van der Waals surface area contributed by atoms with Gasteiger partial charge in [-0.3, -0.25) is 0 Å². The zero-order valence-corrected chi connectivity index (χ0v) is 10.3. The van der Waals surface area contributed by atoms with Crippen LogP contribution in [-0.2, 0) is 0 Å². The molecule has 0 spiro atoms. The first-order valence-corrected chi connectivity index (χ1v) is 7.11. The number of hydrogen-bond donors (Lipinski definition) is 1. The van der Waals surface area contributed by atoms with E-state index in [2.05, 4.69) is 5.92 Å². The first-order chi connectivity index (χ1) is 7.33. The summed E-state index contributed by atoms with van der Waals surface area (Å²) < 4.78 is 0. The Bertz CT molecular complexity index is 191. The second-order valence-electron chi connectivity index (χ2n) is 4.34. The van der Waals surface area contributed by atoms with Crippen LogP contribution < -0.4 is 0 Å². The van der Waals surface area contributed by atoms with Crippen molar-refractivity contribution in [1.29, 1.82) is 0 Å². The molecule has 1 atom stereocenters. The number of aliphatic hydroxyl groups excluding tert-OH is 1. The molecule has 1 aliphatic carbocycles. The van der Waals surface area contributed by atoms with E-state index < -0.39 is 0 Å². The van der Waals surface area contributed by atoms with Gasteiger partial charge in [-0.05, 0) is 25.7 Å². The van der Waals surface area contributed by atoms with Crippen LogP contribution in [0.15, 0.2) is 0 Å². The maximum Gasteiger partial charge on any atom is 0.0631 e. The quantitative estimate of drug-likeness (QED) is 0.554. The van der Waals surface area contributed by atoms with Crippen LogP contribution in [0.2, 0.25) is 0 Å². The van der Waals surface area contributed by atoms with Crippen molar-refractivity contribution in [2.45, 2.75) is 62.7 Å². The van der Waals surface area contributed by atoms with Crippen molar-refractivity contribution in [2.75, 3.05) is 5.75 Å². The minimum Gasteiger partial charge on any atom is -0.392 e. The topological polar surface area (TPSA) is 20.2 Å². The van der Waals surface area contributed by atoms with E-state index in [0.717, 1.165) is 30.3 Å². The normalized spacial score (nSPS) is 19.7. The molecule has 1 nitrogen and oxygen atoms in total. The summed E-state index contributed by atoms with van der Waals surface area (Å²) in [5, 5.41) is 10.5. The zero-order valence-electron chi connectivity index (χ0n) is 9.45. The van der Waals surface area contributed by atoms with E-state index in [9.17, 15) is 5.11 Å². The summed E-state index contributed by atoms with van der Waals surface area (Å²) in [7, 11) is 0. The Morgan fingerprint density at radius 1 is 1.33 bits per heavy atom. The van der Waals surface area contributed by atoms with Crippen molar-refractivity contribution in [2.24, 2.45) is 0 Å². The Balaban J connectivity index is 2.00. The van der Waals surface area contributed by atoms with Crippen LogP contribution in [-0.4, -0.2) is 22.2 Å². The molecule has 0 aliphatic heterocycles. The molecule has 0 amide bonds. The molecular weight excluding hydrogens is 204 g/mol. The Hall–Kier alpha value is -0.130. The van der Waals surface area contributed by atoms with Gasteiger partial charge in [0.2, 0.25) is 0 Å². The molecule has 0 aromatic rings. The molecule has 0 aromatic heterocycles. The maximum atomic E-state index is 9.72. The number of aliphatic hydroxyl groups is 1. The summed E-state index contributed by atoms with van der Waals surface area (Å²) in [6.45, 7) is 0. The SMILES string of the molecule is C#CCCCC(O)CSC1CCCCC1. The van der Waals surface area contributed by atoms with Crippen LogP contribution in [0.25, 0.3) is 0 Å². The predicted octanol–water partition coefficient (Wildman–Crippen LogP) is 3.22. The molecule has 1 fully saturated rings. The lowest BCUT2D eigenvalue weighted by atomic mass is 10.0. The molecule has 1 saturated carbocycles. The molecule has 0 saturated heterocycles. The highest BCUT2D eigenvalue weighted by Gasteiger charge is 2.15. The van der Waals surface area contributed by atoms with Crippen LogP contribution in [0.3, 0.4) is 0 Å². The molecule has 1 aliphatic rings. The zero-order chi connectivity index (χ0) is 10.9. The molecular formula is C13H22OS. The van der Waals surface area contributed by atoms with Crippen LogP contribution in [0.4, 0.5) is 0 Å². The van der Waals surface area contributed by atoms with Crippen molar-refractivity contribution in [3.63, 3.8) is 0 Å². The van der Waals surface area contributed by atoms with Gasteiger partial charge in [-0.2, -0.15) is 11.8 Å². The van der Waals surface area contributed by atoms with Crippen molar-refractivity contribution in [1.82, 2.24) is 0 Å². The molecule has 0 aromatic carbocycles. The smallest absolute Gasteiger partial charge is 0.0631 e. The second-order valence-corrected chi connectivity index (χ2v) is 5.68. The molecule has 1 unspecified atom stereocenters. The van der Waals surface area contributed by atoms with Gasteiger partial charge in [0.15, 0.2) is 0 Å². The average Bonchev–Trinajstić information content (AvgIpc) is 2.28. The summed E-state index contributed by atoms with van der Waals surface area (Å²) in [6.07, 6.45) is 14.5. The van der Waals surface area contributed by atoms with E-state index >= 15 is 0 Å². The van der Waals surface area contributed by atoms with Gasteiger partial charge in [0, 0.05) is 17.4 Å². The van der Waals surface area contributed by atoms with Crippen LogP contribution in [0.5, 0.6) is 0 Å². The first kappa shape index (κ1) is 12.9. The van der Waals surface area contributed by atoms with Crippen molar-refractivity contribution >= 4 is 11.8 Å². The monoisotopic (exact) mass is 226 g/mol. The fourth-order valence-electron chi connectivity index (χ4n) is 2.00. The first-order valence-electron chi connectivity index (χ1n) is 6.06. The maximum absolute atomic E-state index is 9.72. The van der Waals surface area contributed by atoms with E-state index in [-0.39, 0.29) is 6.10 Å². The fraction of sp³-hybridized carbons (Fsp3) is 0.846. The van der Waals surface area contributed by atoms with Gasteiger partial charge in [0.25, 0.3) is 0 Å². The van der Waals surface area contributed by atoms with E-state index in [0.29, 0.717) is 0 Å². The van der Waals surface area contributed by atoms with E-state index in [1.54, 1.807) is 0 Å². The number of unbranched alkanes of at least 4 members (excludes halogenated alkanes) is 1. The molecule has 0 radical (unpaired) electrons. The van der Waals surface area contributed by atoms with Gasteiger partial charge in [0.1, 0.15) is 0 Å². The van der Waals surface area contributed by atoms with Gasteiger partial charge in [0.05, 0.1) is 6.10 Å². The Labute approximate surface area is 98.0 Å². The summed E-state index contributed by atoms with van der Waals surface area (Å²) in [5.74, 6) is 3.51. The van der Waals surface area contributed by atoms with Crippen LogP contribution >= 0.6 is 11.8 Å². The predicted molar refractivity (Wildman–Crippen MR) is 68.0 cm³/mol. The van der Waals surface area contributed by atoms with Gasteiger partial charge < -0.3 is 5.11 Å². The summed E-state index contributed by atoms with van der Waals surface area (Å²) in [5.41, 5.74) is 0. The van der Waals surface area contributed by atoms with E-state index in [1.165, 1.54) is 32.1 Å². The summed E-state index contributed by atoms with van der Waals surface area (Å²) >= 11 is 1.96. The molecule has 1 N–H and O–H groups in total. The van der Waals surface area contributed by atoms with Crippen LogP contribution in [0.1, 0.15) is 51.4 Å². The standard InChI is InChI=1S/C13H22OS/c1-2-3-5-8-12(14)11-15-13-9-6-4-7-10-13/h1,12-14H,3-11H2. The highest BCUT2D eigenvalue weighted by atomic mass is 32.2. The third-order valence-corrected chi connectivity index (χ3v) is 4.46. The number of rotatable bonds is 6. The van der Waals surface area contributed by atoms with Crippen molar-refractivity contribution in [3.8, 4) is 12.3 Å². The number of thioether (sulfide) groups is 1. The van der Waals surface area contributed by atoms with Gasteiger partial charge in [-0.25, -0.2) is 0 Å². The second kappa shape index (κ2) is 8.07. The minimum atomic E-state index is -0.148. The highest BCUT2D eigenvalue weighted by molar-refractivity contribution is 7.99. The van der Waals surface area contributed by atoms with Crippen LogP contribution in [0, 0.1) is 12.3 Å². The summed E-state index contributed by atoms with van der Waals surface area (Å²) in [4.78, 5) is 0. The Kier molecular flexibility index (Phi) is 6.96. The number of terminal acetylenes is 1. The third-order valence-electron chi connectivity index (χ3n) is 2.93. The highest BCUT2D eigenvalue weighted by Crippen LogP contribution is 2.28. The van der Waals surface area contributed by atoms with E-state index in [1.807, 2.05) is 11.8 Å². The lowest BCUT2D eigenvalue weighted by molar-refractivity contribution is 0.186. The fourth-order valence-corrected chi connectivity index (χ4v) is 3.33.